The first kappa shape index (κ1) is 14.3. The third-order valence-corrected chi connectivity index (χ3v) is 3.63. The summed E-state index contributed by atoms with van der Waals surface area (Å²) in [6, 6.07) is 6.84. The number of H-pyrrole nitrogens is 1. The van der Waals surface area contributed by atoms with Gasteiger partial charge >= 0.3 is 0 Å². The molecule has 2 aromatic heterocycles. The van der Waals surface area contributed by atoms with E-state index in [9.17, 15) is 10.2 Å². The number of rotatable bonds is 4. The lowest BCUT2D eigenvalue weighted by Crippen LogP contribution is -1.95. The normalized spacial score (nSPS) is 11.0. The van der Waals surface area contributed by atoms with Crippen molar-refractivity contribution < 1.29 is 14.7 Å². The largest absolute Gasteiger partial charge is 0.508 e. The van der Waals surface area contributed by atoms with E-state index in [-0.39, 0.29) is 12.4 Å². The SMILES string of the molecule is Cc1noc(C)c1-c1c(-c2ccc(O)cc2)n[nH]c1CCO. The molecule has 2 heterocycles. The molecule has 0 fully saturated rings. The molecule has 3 N–H and O–H groups in total. The van der Waals surface area contributed by atoms with Crippen LogP contribution in [0.4, 0.5) is 0 Å². The number of aliphatic hydroxyl groups is 1. The molecule has 3 rings (SSSR count). The van der Waals surface area contributed by atoms with Gasteiger partial charge in [0.2, 0.25) is 0 Å². The van der Waals surface area contributed by atoms with Crippen molar-refractivity contribution in [3.8, 4) is 28.1 Å². The number of hydrogen-bond donors (Lipinski definition) is 3. The predicted molar refractivity (Wildman–Crippen MR) is 81.4 cm³/mol. The highest BCUT2D eigenvalue weighted by molar-refractivity contribution is 5.84. The van der Waals surface area contributed by atoms with Crippen molar-refractivity contribution in [2.24, 2.45) is 0 Å². The second kappa shape index (κ2) is 5.65. The van der Waals surface area contributed by atoms with Crippen LogP contribution in [0.3, 0.4) is 0 Å². The molecule has 22 heavy (non-hydrogen) atoms. The molecule has 6 heteroatoms. The maximum Gasteiger partial charge on any atom is 0.141 e. The van der Waals surface area contributed by atoms with Gasteiger partial charge in [-0.25, -0.2) is 0 Å². The van der Waals surface area contributed by atoms with Crippen LogP contribution in [0, 0.1) is 13.8 Å². The maximum atomic E-state index is 9.45. The number of aromatic nitrogens is 3. The molecule has 0 aliphatic carbocycles. The molecule has 6 nitrogen and oxygen atoms in total. The number of aromatic hydroxyl groups is 1. The number of phenolic OH excluding ortho intramolecular Hbond substituents is 1. The predicted octanol–water partition coefficient (Wildman–Crippen LogP) is 2.59. The molecule has 0 unspecified atom stereocenters. The van der Waals surface area contributed by atoms with Gasteiger partial charge in [0.05, 0.1) is 11.3 Å². The minimum Gasteiger partial charge on any atom is -0.508 e. The smallest absolute Gasteiger partial charge is 0.141 e. The molecule has 0 spiro atoms. The van der Waals surface area contributed by atoms with Crippen LogP contribution < -0.4 is 0 Å². The summed E-state index contributed by atoms with van der Waals surface area (Å²) in [6.07, 6.45) is 0.463. The Bertz CT molecular complexity index is 768. The molecule has 3 aromatic rings. The third-order valence-electron chi connectivity index (χ3n) is 3.63. The lowest BCUT2D eigenvalue weighted by molar-refractivity contribution is 0.298. The highest BCUT2D eigenvalue weighted by atomic mass is 16.5. The van der Waals surface area contributed by atoms with Crippen molar-refractivity contribution in [2.45, 2.75) is 20.3 Å². The first-order chi connectivity index (χ1) is 10.6. The zero-order valence-corrected chi connectivity index (χ0v) is 12.4. The summed E-state index contributed by atoms with van der Waals surface area (Å²) in [7, 11) is 0. The van der Waals surface area contributed by atoms with Crippen molar-refractivity contribution in [3.63, 3.8) is 0 Å². The van der Waals surface area contributed by atoms with Crippen LogP contribution in [0.15, 0.2) is 28.8 Å². The van der Waals surface area contributed by atoms with E-state index in [1.54, 1.807) is 24.3 Å². The van der Waals surface area contributed by atoms with E-state index >= 15 is 0 Å². The van der Waals surface area contributed by atoms with Crippen LogP contribution in [0.25, 0.3) is 22.4 Å². The lowest BCUT2D eigenvalue weighted by atomic mass is 9.96. The molecular weight excluding hydrogens is 282 g/mol. The van der Waals surface area contributed by atoms with E-state index in [0.717, 1.165) is 33.8 Å². The molecule has 0 bridgehead atoms. The number of aromatic amines is 1. The Morgan fingerprint density at radius 2 is 1.86 bits per heavy atom. The summed E-state index contributed by atoms with van der Waals surface area (Å²) in [5, 5.41) is 30.1. The van der Waals surface area contributed by atoms with Gasteiger partial charge in [0.1, 0.15) is 17.2 Å². The first-order valence-corrected chi connectivity index (χ1v) is 7.02. The molecule has 0 aliphatic heterocycles. The third kappa shape index (κ3) is 2.37. The fourth-order valence-corrected chi connectivity index (χ4v) is 2.61. The van der Waals surface area contributed by atoms with Gasteiger partial charge in [-0.05, 0) is 38.1 Å². The van der Waals surface area contributed by atoms with Crippen LogP contribution in [-0.4, -0.2) is 32.2 Å². The topological polar surface area (TPSA) is 95.2 Å². The monoisotopic (exact) mass is 299 g/mol. The number of aryl methyl sites for hydroxylation is 2. The molecule has 0 saturated carbocycles. The molecule has 0 amide bonds. The molecule has 0 radical (unpaired) electrons. The van der Waals surface area contributed by atoms with Crippen LogP contribution >= 0.6 is 0 Å². The molecular formula is C16H17N3O3. The maximum absolute atomic E-state index is 9.45. The molecule has 1 aromatic carbocycles. The fourth-order valence-electron chi connectivity index (χ4n) is 2.61. The van der Waals surface area contributed by atoms with E-state index in [2.05, 4.69) is 15.4 Å². The van der Waals surface area contributed by atoms with Gasteiger partial charge in [0.25, 0.3) is 0 Å². The second-order valence-corrected chi connectivity index (χ2v) is 5.15. The summed E-state index contributed by atoms with van der Waals surface area (Å²) in [4.78, 5) is 0. The fraction of sp³-hybridized carbons (Fsp3) is 0.250. The van der Waals surface area contributed by atoms with Gasteiger partial charge in [-0.1, -0.05) is 5.16 Å². The van der Waals surface area contributed by atoms with Crippen LogP contribution in [-0.2, 0) is 6.42 Å². The molecule has 0 aliphatic rings. The Balaban J connectivity index is 2.22. The van der Waals surface area contributed by atoms with E-state index in [4.69, 9.17) is 4.52 Å². The van der Waals surface area contributed by atoms with Gasteiger partial charge in [0.15, 0.2) is 0 Å². The summed E-state index contributed by atoms with van der Waals surface area (Å²) in [6.45, 7) is 3.75. The van der Waals surface area contributed by atoms with Gasteiger partial charge in [-0.2, -0.15) is 5.10 Å². The quantitative estimate of drug-likeness (QED) is 0.688. The average molecular weight is 299 g/mol. The van der Waals surface area contributed by atoms with Crippen molar-refractivity contribution in [1.82, 2.24) is 15.4 Å². The Hall–Kier alpha value is -2.60. The Morgan fingerprint density at radius 1 is 1.14 bits per heavy atom. The number of phenols is 1. The van der Waals surface area contributed by atoms with Crippen LogP contribution in [0.1, 0.15) is 17.1 Å². The van der Waals surface area contributed by atoms with Crippen molar-refractivity contribution >= 4 is 0 Å². The van der Waals surface area contributed by atoms with Crippen molar-refractivity contribution in [1.29, 1.82) is 0 Å². The number of nitrogens with zero attached hydrogens (tertiary/aromatic N) is 2. The van der Waals surface area contributed by atoms with Crippen molar-refractivity contribution in [3.05, 3.63) is 41.4 Å². The molecule has 114 valence electrons. The van der Waals surface area contributed by atoms with Crippen LogP contribution in [0.2, 0.25) is 0 Å². The van der Waals surface area contributed by atoms with Gasteiger partial charge in [-0.15, -0.1) is 0 Å². The summed E-state index contributed by atoms with van der Waals surface area (Å²) in [5.41, 5.74) is 5.00. The Kier molecular flexibility index (Phi) is 3.68. The zero-order chi connectivity index (χ0) is 15.7. The number of hydrogen-bond acceptors (Lipinski definition) is 5. The standard InChI is InChI=1S/C16H17N3O3/c1-9-14(10(2)22-19-9)15-13(7-8-20)17-18-16(15)11-3-5-12(21)6-4-11/h3-6,20-21H,7-8H2,1-2H3,(H,17,18). The van der Waals surface area contributed by atoms with E-state index in [0.29, 0.717) is 12.2 Å². The second-order valence-electron chi connectivity index (χ2n) is 5.15. The Morgan fingerprint density at radius 3 is 2.45 bits per heavy atom. The number of aliphatic hydroxyl groups excluding tert-OH is 1. The first-order valence-electron chi connectivity index (χ1n) is 7.02. The van der Waals surface area contributed by atoms with Gasteiger partial charge in [-0.3, -0.25) is 5.10 Å². The highest BCUT2D eigenvalue weighted by Crippen LogP contribution is 2.37. The van der Waals surface area contributed by atoms with E-state index in [1.807, 2.05) is 13.8 Å². The summed E-state index contributed by atoms with van der Waals surface area (Å²) < 4.78 is 5.27. The lowest BCUT2D eigenvalue weighted by Gasteiger charge is -2.05. The van der Waals surface area contributed by atoms with Crippen LogP contribution in [0.5, 0.6) is 5.75 Å². The van der Waals surface area contributed by atoms with Gasteiger partial charge < -0.3 is 14.7 Å². The highest BCUT2D eigenvalue weighted by Gasteiger charge is 2.22. The van der Waals surface area contributed by atoms with E-state index in [1.165, 1.54) is 0 Å². The number of benzene rings is 1. The van der Waals surface area contributed by atoms with Crippen molar-refractivity contribution in [2.75, 3.05) is 6.61 Å². The zero-order valence-electron chi connectivity index (χ0n) is 12.4. The minimum atomic E-state index is 0.0214. The summed E-state index contributed by atoms with van der Waals surface area (Å²) >= 11 is 0. The average Bonchev–Trinajstić information content (AvgIpc) is 3.04. The minimum absolute atomic E-state index is 0.0214. The Labute approximate surface area is 127 Å². The summed E-state index contributed by atoms with van der Waals surface area (Å²) in [5.74, 6) is 0.909. The number of nitrogens with one attached hydrogen (secondary N) is 1. The molecule has 0 atom stereocenters. The molecule has 0 saturated heterocycles. The van der Waals surface area contributed by atoms with Gasteiger partial charge in [0, 0.05) is 29.8 Å². The van der Waals surface area contributed by atoms with E-state index < -0.39 is 0 Å².